The highest BCUT2D eigenvalue weighted by Gasteiger charge is 2.20. The van der Waals surface area contributed by atoms with Gasteiger partial charge in [0.1, 0.15) is 5.75 Å². The van der Waals surface area contributed by atoms with E-state index in [2.05, 4.69) is 0 Å². The summed E-state index contributed by atoms with van der Waals surface area (Å²) < 4.78 is 5.17. The number of morpholine rings is 1. The molecule has 1 aromatic rings. The number of rotatable bonds is 1. The smallest absolute Gasteiger partial charge is 0.255 e. The summed E-state index contributed by atoms with van der Waals surface area (Å²) in [6.45, 7) is 2.27. The highest BCUT2D eigenvalue weighted by molar-refractivity contribution is 6.34. The molecule has 0 aromatic heterocycles. The van der Waals surface area contributed by atoms with Crippen LogP contribution in [0.4, 0.5) is 0 Å². The first-order valence-corrected chi connectivity index (χ1v) is 5.42. The van der Waals surface area contributed by atoms with Gasteiger partial charge in [0.2, 0.25) is 0 Å². The van der Waals surface area contributed by atoms with Crippen molar-refractivity contribution in [2.75, 3.05) is 26.3 Å². The van der Waals surface area contributed by atoms with Crippen LogP contribution in [0.1, 0.15) is 10.4 Å². The molecule has 1 heterocycles. The van der Waals surface area contributed by atoms with Gasteiger partial charge in [-0.15, -0.1) is 0 Å². The second-order valence-electron chi connectivity index (χ2n) is 3.57. The molecule has 5 heteroatoms. The Morgan fingerprint density at radius 3 is 2.69 bits per heavy atom. The van der Waals surface area contributed by atoms with E-state index < -0.39 is 0 Å². The molecule has 0 aliphatic carbocycles. The topological polar surface area (TPSA) is 49.8 Å². The molecule has 1 aliphatic rings. The first-order chi connectivity index (χ1) is 7.68. The molecule has 1 amide bonds. The molecule has 0 spiro atoms. The van der Waals surface area contributed by atoms with Crippen molar-refractivity contribution in [1.82, 2.24) is 4.90 Å². The number of hydrogen-bond acceptors (Lipinski definition) is 3. The zero-order valence-corrected chi connectivity index (χ0v) is 9.41. The molecule has 0 unspecified atom stereocenters. The van der Waals surface area contributed by atoms with Gasteiger partial charge in [0.25, 0.3) is 5.91 Å². The fourth-order valence-electron chi connectivity index (χ4n) is 1.61. The minimum absolute atomic E-state index is 0.0588. The van der Waals surface area contributed by atoms with Crippen LogP contribution in [0.5, 0.6) is 5.75 Å². The molecule has 0 saturated carbocycles. The second kappa shape index (κ2) is 4.72. The van der Waals surface area contributed by atoms with Gasteiger partial charge in [-0.25, -0.2) is 0 Å². The third kappa shape index (κ3) is 2.28. The van der Waals surface area contributed by atoms with Crippen LogP contribution in [0, 0.1) is 0 Å². The van der Waals surface area contributed by atoms with Crippen LogP contribution < -0.4 is 0 Å². The molecule has 1 aromatic carbocycles. The SMILES string of the molecule is O=C(c1ccc(O)cc1Cl)N1CCOCC1. The lowest BCUT2D eigenvalue weighted by molar-refractivity contribution is 0.0303. The second-order valence-corrected chi connectivity index (χ2v) is 3.98. The molecule has 1 aliphatic heterocycles. The van der Waals surface area contributed by atoms with Gasteiger partial charge in [0.15, 0.2) is 0 Å². The van der Waals surface area contributed by atoms with Gasteiger partial charge >= 0.3 is 0 Å². The lowest BCUT2D eigenvalue weighted by Gasteiger charge is -2.27. The van der Waals surface area contributed by atoms with E-state index in [1.165, 1.54) is 18.2 Å². The highest BCUT2D eigenvalue weighted by Crippen LogP contribution is 2.23. The number of nitrogens with zero attached hydrogens (tertiary/aromatic N) is 1. The average molecular weight is 242 g/mol. The third-order valence-corrected chi connectivity index (χ3v) is 2.79. The average Bonchev–Trinajstić information content (AvgIpc) is 2.29. The number of halogens is 1. The number of hydrogen-bond donors (Lipinski definition) is 1. The molecule has 86 valence electrons. The zero-order chi connectivity index (χ0) is 11.5. The van der Waals surface area contributed by atoms with E-state index in [9.17, 15) is 9.90 Å². The summed E-state index contributed by atoms with van der Waals surface area (Å²) in [6, 6.07) is 4.37. The predicted molar refractivity (Wildman–Crippen MR) is 59.8 cm³/mol. The highest BCUT2D eigenvalue weighted by atomic mass is 35.5. The molecular formula is C11H12ClNO3. The van der Waals surface area contributed by atoms with Crippen molar-refractivity contribution in [2.45, 2.75) is 0 Å². The number of benzene rings is 1. The summed E-state index contributed by atoms with van der Waals surface area (Å²) in [5.41, 5.74) is 0.418. The Bertz CT molecular complexity index is 402. The molecule has 0 bridgehead atoms. The molecule has 0 atom stereocenters. The molecule has 1 fully saturated rings. The van der Waals surface area contributed by atoms with Gasteiger partial charge in [-0.05, 0) is 18.2 Å². The first kappa shape index (κ1) is 11.2. The molecular weight excluding hydrogens is 230 g/mol. The lowest BCUT2D eigenvalue weighted by Crippen LogP contribution is -2.40. The number of amides is 1. The summed E-state index contributed by atoms with van der Waals surface area (Å²) in [5.74, 6) is -0.0585. The van der Waals surface area contributed by atoms with Crippen LogP contribution in [0.3, 0.4) is 0 Å². The monoisotopic (exact) mass is 241 g/mol. The van der Waals surface area contributed by atoms with Crippen LogP contribution in [0.2, 0.25) is 5.02 Å². The van der Waals surface area contributed by atoms with E-state index in [4.69, 9.17) is 16.3 Å². The van der Waals surface area contributed by atoms with Crippen LogP contribution in [0.15, 0.2) is 18.2 Å². The molecule has 0 radical (unpaired) electrons. The number of phenols is 1. The number of phenolic OH excluding ortho intramolecular Hbond substituents is 1. The van der Waals surface area contributed by atoms with E-state index in [1.807, 2.05) is 0 Å². The van der Waals surface area contributed by atoms with Crippen LogP contribution >= 0.6 is 11.6 Å². The van der Waals surface area contributed by atoms with Crippen molar-refractivity contribution in [1.29, 1.82) is 0 Å². The lowest BCUT2D eigenvalue weighted by atomic mass is 10.2. The minimum atomic E-state index is -0.117. The number of carbonyl (C=O) groups excluding carboxylic acids is 1. The fraction of sp³-hybridized carbons (Fsp3) is 0.364. The van der Waals surface area contributed by atoms with Gasteiger partial charge in [0.05, 0.1) is 23.8 Å². The Morgan fingerprint density at radius 1 is 1.38 bits per heavy atom. The van der Waals surface area contributed by atoms with E-state index >= 15 is 0 Å². The summed E-state index contributed by atoms with van der Waals surface area (Å²) in [6.07, 6.45) is 0. The Kier molecular flexibility index (Phi) is 3.31. The van der Waals surface area contributed by atoms with Crippen molar-refractivity contribution in [2.24, 2.45) is 0 Å². The maximum atomic E-state index is 12.0. The van der Waals surface area contributed by atoms with Crippen molar-refractivity contribution in [3.05, 3.63) is 28.8 Å². The zero-order valence-electron chi connectivity index (χ0n) is 8.65. The van der Waals surface area contributed by atoms with E-state index in [-0.39, 0.29) is 16.7 Å². The van der Waals surface area contributed by atoms with E-state index in [0.717, 1.165) is 0 Å². The van der Waals surface area contributed by atoms with Gasteiger partial charge in [-0.3, -0.25) is 4.79 Å². The third-order valence-electron chi connectivity index (χ3n) is 2.48. The normalized spacial score (nSPS) is 16.2. The maximum Gasteiger partial charge on any atom is 0.255 e. The largest absolute Gasteiger partial charge is 0.508 e. The van der Waals surface area contributed by atoms with Gasteiger partial charge in [-0.2, -0.15) is 0 Å². The first-order valence-electron chi connectivity index (χ1n) is 5.04. The van der Waals surface area contributed by atoms with Crippen LogP contribution in [-0.2, 0) is 4.74 Å². The Morgan fingerprint density at radius 2 is 2.06 bits per heavy atom. The van der Waals surface area contributed by atoms with Crippen LogP contribution in [0.25, 0.3) is 0 Å². The van der Waals surface area contributed by atoms with E-state index in [1.54, 1.807) is 4.90 Å². The minimum Gasteiger partial charge on any atom is -0.508 e. The molecule has 4 nitrogen and oxygen atoms in total. The number of ether oxygens (including phenoxy) is 1. The summed E-state index contributed by atoms with van der Waals surface area (Å²) >= 11 is 5.90. The van der Waals surface area contributed by atoms with Gasteiger partial charge in [-0.1, -0.05) is 11.6 Å². The molecule has 1 N–H and O–H groups in total. The number of aromatic hydroxyl groups is 1. The Hall–Kier alpha value is -1.26. The maximum absolute atomic E-state index is 12.0. The van der Waals surface area contributed by atoms with Gasteiger partial charge < -0.3 is 14.7 Å². The quantitative estimate of drug-likeness (QED) is 0.811. The Balaban J connectivity index is 2.19. The van der Waals surface area contributed by atoms with Gasteiger partial charge in [0, 0.05) is 13.1 Å². The summed E-state index contributed by atoms with van der Waals surface area (Å²) in [4.78, 5) is 13.7. The Labute approximate surface area is 98.4 Å². The van der Waals surface area contributed by atoms with Crippen molar-refractivity contribution >= 4 is 17.5 Å². The molecule has 16 heavy (non-hydrogen) atoms. The molecule has 1 saturated heterocycles. The number of carbonyl (C=O) groups is 1. The molecule has 2 rings (SSSR count). The van der Waals surface area contributed by atoms with Crippen LogP contribution in [-0.4, -0.2) is 42.2 Å². The summed E-state index contributed by atoms with van der Waals surface area (Å²) in [5, 5.41) is 9.47. The van der Waals surface area contributed by atoms with Crippen molar-refractivity contribution in [3.63, 3.8) is 0 Å². The van der Waals surface area contributed by atoms with E-state index in [0.29, 0.717) is 31.9 Å². The van der Waals surface area contributed by atoms with Crippen molar-refractivity contribution < 1.29 is 14.6 Å². The fourth-order valence-corrected chi connectivity index (χ4v) is 1.87. The summed E-state index contributed by atoms with van der Waals surface area (Å²) in [7, 11) is 0. The van der Waals surface area contributed by atoms with Crippen molar-refractivity contribution in [3.8, 4) is 5.75 Å². The standard InChI is InChI=1S/C11H12ClNO3/c12-10-7-8(14)1-2-9(10)11(15)13-3-5-16-6-4-13/h1-2,7,14H,3-6H2. The predicted octanol–water partition coefficient (Wildman–Crippen LogP) is 1.52.